The Morgan fingerprint density at radius 3 is 2.39 bits per heavy atom. The van der Waals surface area contributed by atoms with Crippen molar-refractivity contribution in [1.82, 2.24) is 4.90 Å². The molecule has 0 spiro atoms. The second-order valence-electron chi connectivity index (χ2n) is 5.17. The lowest BCUT2D eigenvalue weighted by Crippen LogP contribution is -2.33. The molecule has 0 N–H and O–H groups in total. The molecule has 0 aromatic rings. The fraction of sp³-hybridized carbons (Fsp3) is 0.600. The minimum atomic E-state index is -0.0707. The third kappa shape index (κ3) is 3.09. The van der Waals surface area contributed by atoms with Gasteiger partial charge in [0.25, 0.3) is 0 Å². The standard InChI is InChI=1S/C15H23NO2/c1-6-16(7-8-17)15(18)12(5)14-9-13(14)11(4)10(2)3/h8,13-14H,5-7,9H2,1-4H3/t13-,14-/m1/s1. The smallest absolute Gasteiger partial charge is 0.249 e. The van der Waals surface area contributed by atoms with E-state index in [0.29, 0.717) is 18.0 Å². The number of carbonyl (C=O) groups is 2. The molecule has 0 aromatic carbocycles. The number of likely N-dealkylation sites (N-methyl/N-ethyl adjacent to an activating group) is 1. The number of hydrogen-bond donors (Lipinski definition) is 0. The molecule has 3 nitrogen and oxygen atoms in total. The topological polar surface area (TPSA) is 37.4 Å². The Morgan fingerprint density at radius 1 is 1.33 bits per heavy atom. The Labute approximate surface area is 110 Å². The molecule has 1 amide bonds. The molecule has 0 radical (unpaired) electrons. The predicted molar refractivity (Wildman–Crippen MR) is 73.1 cm³/mol. The van der Waals surface area contributed by atoms with Gasteiger partial charge in [-0.05, 0) is 46.0 Å². The van der Waals surface area contributed by atoms with Crippen LogP contribution in [0.4, 0.5) is 0 Å². The molecule has 1 aliphatic rings. The van der Waals surface area contributed by atoms with Crippen molar-refractivity contribution >= 4 is 12.2 Å². The zero-order valence-electron chi connectivity index (χ0n) is 11.8. The van der Waals surface area contributed by atoms with E-state index in [4.69, 9.17) is 0 Å². The van der Waals surface area contributed by atoms with Crippen molar-refractivity contribution in [3.05, 3.63) is 23.3 Å². The molecule has 0 aromatic heterocycles. The SMILES string of the molecule is C=C(C(=O)N(CC)CC=O)[C@H]1C[C@@H]1C(C)=C(C)C. The summed E-state index contributed by atoms with van der Waals surface area (Å²) in [5.74, 6) is 0.674. The first kappa shape index (κ1) is 14.7. The van der Waals surface area contributed by atoms with E-state index in [0.717, 1.165) is 12.7 Å². The van der Waals surface area contributed by atoms with E-state index in [1.54, 1.807) is 4.90 Å². The zero-order chi connectivity index (χ0) is 13.9. The van der Waals surface area contributed by atoms with Crippen LogP contribution in [0.25, 0.3) is 0 Å². The Hall–Kier alpha value is -1.38. The second-order valence-corrected chi connectivity index (χ2v) is 5.17. The van der Waals surface area contributed by atoms with Gasteiger partial charge in [0.15, 0.2) is 0 Å². The predicted octanol–water partition coefficient (Wildman–Crippen LogP) is 2.58. The van der Waals surface area contributed by atoms with Crippen LogP contribution in [0, 0.1) is 11.8 Å². The van der Waals surface area contributed by atoms with Crippen LogP contribution < -0.4 is 0 Å². The minimum absolute atomic E-state index is 0.0707. The van der Waals surface area contributed by atoms with Crippen molar-refractivity contribution < 1.29 is 9.59 Å². The molecular formula is C15H23NO2. The molecule has 0 aliphatic heterocycles. The van der Waals surface area contributed by atoms with Crippen LogP contribution in [-0.2, 0) is 9.59 Å². The molecule has 3 heteroatoms. The first-order valence-electron chi connectivity index (χ1n) is 6.49. The third-order valence-corrected chi connectivity index (χ3v) is 3.82. The number of aldehydes is 1. The van der Waals surface area contributed by atoms with Crippen molar-refractivity contribution in [3.8, 4) is 0 Å². The third-order valence-electron chi connectivity index (χ3n) is 3.82. The van der Waals surface area contributed by atoms with Gasteiger partial charge in [0, 0.05) is 12.1 Å². The van der Waals surface area contributed by atoms with Crippen LogP contribution in [0.15, 0.2) is 23.3 Å². The van der Waals surface area contributed by atoms with Gasteiger partial charge in [-0.3, -0.25) is 4.79 Å². The largest absolute Gasteiger partial charge is 0.332 e. The minimum Gasteiger partial charge on any atom is -0.332 e. The quantitative estimate of drug-likeness (QED) is 0.412. The summed E-state index contributed by atoms with van der Waals surface area (Å²) in [4.78, 5) is 24.2. The fourth-order valence-corrected chi connectivity index (χ4v) is 2.24. The summed E-state index contributed by atoms with van der Waals surface area (Å²) >= 11 is 0. The van der Waals surface area contributed by atoms with E-state index in [9.17, 15) is 9.59 Å². The van der Waals surface area contributed by atoms with Crippen molar-refractivity contribution in [2.75, 3.05) is 13.1 Å². The molecule has 1 fully saturated rings. The van der Waals surface area contributed by atoms with E-state index in [-0.39, 0.29) is 18.4 Å². The van der Waals surface area contributed by atoms with Gasteiger partial charge in [-0.2, -0.15) is 0 Å². The molecule has 1 rings (SSSR count). The number of carbonyl (C=O) groups excluding carboxylic acids is 2. The van der Waals surface area contributed by atoms with Crippen molar-refractivity contribution in [2.45, 2.75) is 34.1 Å². The fourth-order valence-electron chi connectivity index (χ4n) is 2.24. The average molecular weight is 249 g/mol. The van der Waals surface area contributed by atoms with Crippen molar-refractivity contribution in [1.29, 1.82) is 0 Å². The van der Waals surface area contributed by atoms with Crippen LogP contribution in [0.1, 0.15) is 34.1 Å². The van der Waals surface area contributed by atoms with Gasteiger partial charge in [-0.15, -0.1) is 0 Å². The molecule has 18 heavy (non-hydrogen) atoms. The van der Waals surface area contributed by atoms with E-state index in [1.165, 1.54) is 11.1 Å². The van der Waals surface area contributed by atoms with Gasteiger partial charge in [-0.1, -0.05) is 17.7 Å². The lowest BCUT2D eigenvalue weighted by atomic mass is 10.0. The molecule has 0 saturated heterocycles. The van der Waals surface area contributed by atoms with Crippen LogP contribution in [0.3, 0.4) is 0 Å². The summed E-state index contributed by atoms with van der Waals surface area (Å²) in [6.45, 7) is 12.8. The Morgan fingerprint density at radius 2 is 1.94 bits per heavy atom. The summed E-state index contributed by atoms with van der Waals surface area (Å²) in [6, 6.07) is 0. The summed E-state index contributed by atoms with van der Waals surface area (Å²) in [6.07, 6.45) is 1.78. The van der Waals surface area contributed by atoms with Gasteiger partial charge >= 0.3 is 0 Å². The normalized spacial score (nSPS) is 21.1. The van der Waals surface area contributed by atoms with Gasteiger partial charge in [0.05, 0.1) is 6.54 Å². The summed E-state index contributed by atoms with van der Waals surface area (Å²) < 4.78 is 0. The van der Waals surface area contributed by atoms with Gasteiger partial charge < -0.3 is 9.69 Å². The number of rotatable bonds is 6. The van der Waals surface area contributed by atoms with Crippen LogP contribution in [-0.4, -0.2) is 30.2 Å². The van der Waals surface area contributed by atoms with Gasteiger partial charge in [0.1, 0.15) is 6.29 Å². The maximum Gasteiger partial charge on any atom is 0.249 e. The highest BCUT2D eigenvalue weighted by molar-refractivity contribution is 5.95. The van der Waals surface area contributed by atoms with Crippen LogP contribution in [0.2, 0.25) is 0 Å². The molecule has 100 valence electrons. The van der Waals surface area contributed by atoms with Crippen molar-refractivity contribution in [2.24, 2.45) is 11.8 Å². The molecular weight excluding hydrogens is 226 g/mol. The highest BCUT2D eigenvalue weighted by Gasteiger charge is 2.43. The molecule has 2 atom stereocenters. The maximum atomic E-state index is 12.1. The van der Waals surface area contributed by atoms with E-state index >= 15 is 0 Å². The number of amides is 1. The summed E-state index contributed by atoms with van der Waals surface area (Å²) in [5, 5.41) is 0. The lowest BCUT2D eigenvalue weighted by Gasteiger charge is -2.19. The van der Waals surface area contributed by atoms with E-state index in [1.807, 2.05) is 6.92 Å². The summed E-state index contributed by atoms with van der Waals surface area (Å²) in [5.41, 5.74) is 3.35. The molecule has 1 aliphatic carbocycles. The Bertz CT molecular complexity index is 391. The highest BCUT2D eigenvalue weighted by atomic mass is 16.2. The first-order chi connectivity index (χ1) is 8.43. The monoisotopic (exact) mass is 249 g/mol. The van der Waals surface area contributed by atoms with Gasteiger partial charge in [0.2, 0.25) is 5.91 Å². The van der Waals surface area contributed by atoms with Gasteiger partial charge in [-0.25, -0.2) is 0 Å². The Balaban J connectivity index is 2.65. The number of hydrogen-bond acceptors (Lipinski definition) is 2. The van der Waals surface area contributed by atoms with Crippen LogP contribution in [0.5, 0.6) is 0 Å². The molecule has 0 heterocycles. The summed E-state index contributed by atoms with van der Waals surface area (Å²) in [7, 11) is 0. The number of nitrogens with zero attached hydrogens (tertiary/aromatic N) is 1. The molecule has 1 saturated carbocycles. The van der Waals surface area contributed by atoms with Crippen molar-refractivity contribution in [3.63, 3.8) is 0 Å². The van der Waals surface area contributed by atoms with E-state index < -0.39 is 0 Å². The zero-order valence-corrected chi connectivity index (χ0v) is 11.8. The number of allylic oxidation sites excluding steroid dienone is 2. The Kier molecular flexibility index (Phi) is 4.88. The van der Waals surface area contributed by atoms with E-state index in [2.05, 4.69) is 27.4 Å². The average Bonchev–Trinajstić information content (AvgIpc) is 3.13. The lowest BCUT2D eigenvalue weighted by molar-refractivity contribution is -0.129. The maximum absolute atomic E-state index is 12.1. The molecule has 0 unspecified atom stereocenters. The highest BCUT2D eigenvalue weighted by Crippen LogP contribution is 2.49. The second kappa shape index (κ2) is 5.98. The van der Waals surface area contributed by atoms with Crippen LogP contribution >= 0.6 is 0 Å². The first-order valence-corrected chi connectivity index (χ1v) is 6.49. The molecule has 0 bridgehead atoms.